The van der Waals surface area contributed by atoms with Crippen molar-refractivity contribution in [2.45, 2.75) is 6.92 Å². The van der Waals surface area contributed by atoms with Crippen LogP contribution in [0.3, 0.4) is 0 Å². The first-order chi connectivity index (χ1) is 9.67. The Bertz CT molecular complexity index is 598. The van der Waals surface area contributed by atoms with Crippen LogP contribution in [0.2, 0.25) is 0 Å². The van der Waals surface area contributed by atoms with E-state index in [9.17, 15) is 4.79 Å². The number of aryl methyl sites for hydroxylation is 1. The maximum absolute atomic E-state index is 11.0. The van der Waals surface area contributed by atoms with Gasteiger partial charge in [-0.15, -0.1) is 0 Å². The number of nitrogens with one attached hydrogen (secondary N) is 1. The molecule has 2 aromatic carbocycles. The van der Waals surface area contributed by atoms with Crippen LogP contribution >= 0.6 is 0 Å². The molecule has 102 valence electrons. The van der Waals surface area contributed by atoms with Gasteiger partial charge in [0.1, 0.15) is 6.61 Å². The monoisotopic (exact) mass is 267 g/mol. The van der Waals surface area contributed by atoms with Crippen molar-refractivity contribution < 1.29 is 9.90 Å². The molecule has 0 saturated carbocycles. The summed E-state index contributed by atoms with van der Waals surface area (Å²) in [5, 5.41) is 11.2. The number of hydrogen-bond acceptors (Lipinski definition) is 2. The molecule has 0 aliphatic carbocycles. The predicted molar refractivity (Wildman–Crippen MR) is 82.3 cm³/mol. The molecule has 0 bridgehead atoms. The molecule has 0 spiro atoms. The number of carbonyl (C=O) groups excluding carboxylic acids is 1. The molecule has 0 saturated heterocycles. The first-order valence-electron chi connectivity index (χ1n) is 6.43. The fraction of sp³-hybridized carbons (Fsp3) is 0.118. The molecule has 0 unspecified atom stereocenters. The highest BCUT2D eigenvalue weighted by Gasteiger charge is 1.98. The molecule has 0 radical (unpaired) electrons. The fourth-order valence-electron chi connectivity index (χ4n) is 1.75. The molecule has 0 fully saturated rings. The molecule has 0 aromatic heterocycles. The summed E-state index contributed by atoms with van der Waals surface area (Å²) in [6.07, 6.45) is 4.06. The Morgan fingerprint density at radius 1 is 1.00 bits per heavy atom. The van der Waals surface area contributed by atoms with Gasteiger partial charge in [0.15, 0.2) is 0 Å². The molecule has 0 atom stereocenters. The number of aliphatic hydroxyl groups excluding tert-OH is 1. The summed E-state index contributed by atoms with van der Waals surface area (Å²) in [4.78, 5) is 11.0. The average molecular weight is 267 g/mol. The van der Waals surface area contributed by atoms with Gasteiger partial charge < -0.3 is 10.4 Å². The Balaban J connectivity index is 2.03. The van der Waals surface area contributed by atoms with Crippen molar-refractivity contribution >= 4 is 23.7 Å². The van der Waals surface area contributed by atoms with Gasteiger partial charge in [0, 0.05) is 5.69 Å². The third kappa shape index (κ3) is 4.07. The summed E-state index contributed by atoms with van der Waals surface area (Å²) in [6.45, 7) is 1.56. The van der Waals surface area contributed by atoms with Crippen molar-refractivity contribution in [1.29, 1.82) is 0 Å². The van der Waals surface area contributed by atoms with Gasteiger partial charge in [-0.25, -0.2) is 0 Å². The molecule has 2 N–H and O–H groups in total. The third-order valence-electron chi connectivity index (χ3n) is 2.88. The standard InChI is InChI=1S/C17H17NO2/c1-13-2-4-14(5-3-13)6-7-15-8-10-16(11-9-15)18-17(20)12-19/h2-11,19H,12H2,1H3,(H,18,20)/b7-6+. The van der Waals surface area contributed by atoms with Crippen LogP contribution in [0.5, 0.6) is 0 Å². The van der Waals surface area contributed by atoms with E-state index in [0.717, 1.165) is 11.1 Å². The zero-order chi connectivity index (χ0) is 14.4. The smallest absolute Gasteiger partial charge is 0.250 e. The molecule has 1 amide bonds. The van der Waals surface area contributed by atoms with Crippen LogP contribution in [0.4, 0.5) is 5.69 Å². The highest BCUT2D eigenvalue weighted by molar-refractivity contribution is 5.91. The topological polar surface area (TPSA) is 49.3 Å². The zero-order valence-corrected chi connectivity index (χ0v) is 11.3. The number of rotatable bonds is 4. The Labute approximate surface area is 118 Å². The van der Waals surface area contributed by atoms with E-state index >= 15 is 0 Å². The Hall–Kier alpha value is -2.39. The van der Waals surface area contributed by atoms with Gasteiger partial charge in [0.2, 0.25) is 5.91 Å². The lowest BCUT2D eigenvalue weighted by Gasteiger charge is -2.03. The number of aliphatic hydroxyl groups is 1. The summed E-state index contributed by atoms with van der Waals surface area (Å²) in [5.74, 6) is -0.409. The van der Waals surface area contributed by atoms with Crippen molar-refractivity contribution in [2.75, 3.05) is 11.9 Å². The molecular weight excluding hydrogens is 250 g/mol. The number of anilines is 1. The maximum atomic E-state index is 11.0. The normalized spacial score (nSPS) is 10.7. The van der Waals surface area contributed by atoms with Crippen molar-refractivity contribution in [3.8, 4) is 0 Å². The molecule has 0 aliphatic rings. The molecule has 20 heavy (non-hydrogen) atoms. The predicted octanol–water partition coefficient (Wildman–Crippen LogP) is 3.10. The van der Waals surface area contributed by atoms with Crippen LogP contribution in [0.1, 0.15) is 16.7 Å². The van der Waals surface area contributed by atoms with Crippen molar-refractivity contribution in [3.05, 3.63) is 65.2 Å². The van der Waals surface area contributed by atoms with Crippen molar-refractivity contribution in [1.82, 2.24) is 0 Å². The zero-order valence-electron chi connectivity index (χ0n) is 11.3. The molecule has 0 aliphatic heterocycles. The van der Waals surface area contributed by atoms with E-state index in [4.69, 9.17) is 5.11 Å². The molecule has 3 heteroatoms. The van der Waals surface area contributed by atoms with Crippen molar-refractivity contribution in [3.63, 3.8) is 0 Å². The largest absolute Gasteiger partial charge is 0.387 e. The summed E-state index contributed by atoms with van der Waals surface area (Å²) < 4.78 is 0. The Morgan fingerprint density at radius 2 is 1.50 bits per heavy atom. The van der Waals surface area contributed by atoms with Crippen molar-refractivity contribution in [2.24, 2.45) is 0 Å². The third-order valence-corrected chi connectivity index (χ3v) is 2.88. The van der Waals surface area contributed by atoms with Crippen LogP contribution in [-0.4, -0.2) is 17.6 Å². The van der Waals surface area contributed by atoms with Gasteiger partial charge in [0.25, 0.3) is 0 Å². The van der Waals surface area contributed by atoms with Crippen LogP contribution < -0.4 is 5.32 Å². The van der Waals surface area contributed by atoms with Crippen LogP contribution in [0.15, 0.2) is 48.5 Å². The first-order valence-corrected chi connectivity index (χ1v) is 6.43. The van der Waals surface area contributed by atoms with Crippen LogP contribution in [-0.2, 0) is 4.79 Å². The molecule has 2 aromatic rings. The van der Waals surface area contributed by atoms with E-state index in [1.165, 1.54) is 5.56 Å². The average Bonchev–Trinajstić information content (AvgIpc) is 2.48. The van der Waals surface area contributed by atoms with Gasteiger partial charge in [-0.2, -0.15) is 0 Å². The molecule has 3 nitrogen and oxygen atoms in total. The minimum Gasteiger partial charge on any atom is -0.387 e. The number of hydrogen-bond donors (Lipinski definition) is 2. The first kappa shape index (κ1) is 14.0. The summed E-state index contributed by atoms with van der Waals surface area (Å²) in [7, 11) is 0. The van der Waals surface area contributed by atoms with Crippen LogP contribution in [0.25, 0.3) is 12.2 Å². The van der Waals surface area contributed by atoms with E-state index in [1.54, 1.807) is 0 Å². The fourth-order valence-corrected chi connectivity index (χ4v) is 1.75. The number of benzene rings is 2. The van der Waals surface area contributed by atoms with E-state index in [-0.39, 0.29) is 0 Å². The van der Waals surface area contributed by atoms with Gasteiger partial charge >= 0.3 is 0 Å². The van der Waals surface area contributed by atoms with E-state index in [2.05, 4.69) is 36.5 Å². The summed E-state index contributed by atoms with van der Waals surface area (Å²) in [5.41, 5.74) is 4.11. The molecule has 0 heterocycles. The lowest BCUT2D eigenvalue weighted by Crippen LogP contribution is -2.15. The highest BCUT2D eigenvalue weighted by Crippen LogP contribution is 2.13. The number of carbonyl (C=O) groups is 1. The van der Waals surface area contributed by atoms with E-state index in [1.807, 2.05) is 36.4 Å². The lowest BCUT2D eigenvalue weighted by atomic mass is 10.1. The summed E-state index contributed by atoms with van der Waals surface area (Å²) in [6, 6.07) is 15.7. The second-order valence-corrected chi connectivity index (χ2v) is 4.57. The molecule has 2 rings (SSSR count). The second kappa shape index (κ2) is 6.68. The van der Waals surface area contributed by atoms with Gasteiger partial charge in [-0.05, 0) is 30.2 Å². The van der Waals surface area contributed by atoms with Gasteiger partial charge in [-0.1, -0.05) is 54.1 Å². The molecular formula is C17H17NO2. The van der Waals surface area contributed by atoms with Gasteiger partial charge in [-0.3, -0.25) is 4.79 Å². The number of amides is 1. The minimum atomic E-state index is -0.505. The Kier molecular flexibility index (Phi) is 4.69. The second-order valence-electron chi connectivity index (χ2n) is 4.57. The SMILES string of the molecule is Cc1ccc(/C=C/c2ccc(NC(=O)CO)cc2)cc1. The van der Waals surface area contributed by atoms with E-state index < -0.39 is 12.5 Å². The lowest BCUT2D eigenvalue weighted by molar-refractivity contribution is -0.118. The maximum Gasteiger partial charge on any atom is 0.250 e. The van der Waals surface area contributed by atoms with Crippen LogP contribution in [0, 0.1) is 6.92 Å². The summed E-state index contributed by atoms with van der Waals surface area (Å²) >= 11 is 0. The highest BCUT2D eigenvalue weighted by atomic mass is 16.3. The minimum absolute atomic E-state index is 0.409. The van der Waals surface area contributed by atoms with Gasteiger partial charge in [0.05, 0.1) is 0 Å². The van der Waals surface area contributed by atoms with E-state index in [0.29, 0.717) is 5.69 Å². The Morgan fingerprint density at radius 3 is 2.00 bits per heavy atom. The quantitative estimate of drug-likeness (QED) is 0.836.